The summed E-state index contributed by atoms with van der Waals surface area (Å²) in [6.45, 7) is 1.81. The van der Waals surface area contributed by atoms with Gasteiger partial charge in [0.25, 0.3) is 0 Å². The fraction of sp³-hybridized carbons (Fsp3) is 0.257. The van der Waals surface area contributed by atoms with Crippen molar-refractivity contribution in [2.75, 3.05) is 6.61 Å². The molecule has 0 aromatic heterocycles. The van der Waals surface area contributed by atoms with Crippen LogP contribution in [0.2, 0.25) is 0 Å². The molecule has 0 bridgehead atoms. The third-order valence-electron chi connectivity index (χ3n) is 6.86. The SMILES string of the molecule is CC(=O)OC[C@H]1O[C@@H](Sc2ccccc2)[C@H](OC(=O)c2ccccc2)[C@@H](OCc2ccccc2)[C@H]1OCc1ccccc1. The molecular weight excluding hydrogens is 564 g/mol. The maximum Gasteiger partial charge on any atom is 0.338 e. The van der Waals surface area contributed by atoms with E-state index in [1.807, 2.05) is 97.1 Å². The number of rotatable bonds is 12. The molecule has 1 heterocycles. The Morgan fingerprint density at radius 3 is 1.74 bits per heavy atom. The van der Waals surface area contributed by atoms with Crippen molar-refractivity contribution in [1.82, 2.24) is 0 Å². The first-order valence-corrected chi connectivity index (χ1v) is 15.0. The first-order chi connectivity index (χ1) is 21.1. The van der Waals surface area contributed by atoms with Crippen molar-refractivity contribution in [3.05, 3.63) is 138 Å². The highest BCUT2D eigenvalue weighted by molar-refractivity contribution is 7.99. The van der Waals surface area contributed by atoms with Crippen molar-refractivity contribution in [3.63, 3.8) is 0 Å². The highest BCUT2D eigenvalue weighted by Gasteiger charge is 2.50. The lowest BCUT2D eigenvalue weighted by atomic mass is 9.98. The van der Waals surface area contributed by atoms with E-state index in [2.05, 4.69) is 0 Å². The van der Waals surface area contributed by atoms with E-state index in [0.717, 1.165) is 16.0 Å². The second-order valence-corrected chi connectivity index (χ2v) is 11.2. The minimum absolute atomic E-state index is 0.0504. The monoisotopic (exact) mass is 598 g/mol. The molecule has 1 saturated heterocycles. The molecule has 0 aliphatic carbocycles. The summed E-state index contributed by atoms with van der Waals surface area (Å²) in [6, 6.07) is 38.0. The van der Waals surface area contributed by atoms with E-state index in [1.54, 1.807) is 24.3 Å². The van der Waals surface area contributed by atoms with Gasteiger partial charge in [0.15, 0.2) is 6.10 Å². The molecular formula is C35H34O7S. The number of benzene rings is 4. The van der Waals surface area contributed by atoms with Crippen molar-refractivity contribution in [2.24, 2.45) is 0 Å². The van der Waals surface area contributed by atoms with Gasteiger partial charge in [-0.2, -0.15) is 0 Å². The maximum absolute atomic E-state index is 13.5. The van der Waals surface area contributed by atoms with Gasteiger partial charge >= 0.3 is 11.9 Å². The Hall–Kier alpha value is -3.95. The summed E-state index contributed by atoms with van der Waals surface area (Å²) in [5.41, 5.74) is 1.63. The van der Waals surface area contributed by atoms with Gasteiger partial charge in [0.2, 0.25) is 0 Å². The Morgan fingerprint density at radius 1 is 0.674 bits per heavy atom. The van der Waals surface area contributed by atoms with E-state index in [1.165, 1.54) is 18.7 Å². The molecule has 43 heavy (non-hydrogen) atoms. The molecule has 1 aliphatic rings. The van der Waals surface area contributed by atoms with Gasteiger partial charge in [-0.3, -0.25) is 4.79 Å². The van der Waals surface area contributed by atoms with Gasteiger partial charge in [-0.1, -0.05) is 109 Å². The Labute approximate surface area is 256 Å². The van der Waals surface area contributed by atoms with Crippen LogP contribution in [0.25, 0.3) is 0 Å². The molecule has 0 unspecified atom stereocenters. The van der Waals surface area contributed by atoms with Crippen molar-refractivity contribution in [1.29, 1.82) is 0 Å². The number of carbonyl (C=O) groups is 2. The number of esters is 2. The first-order valence-electron chi connectivity index (χ1n) is 14.1. The Morgan fingerprint density at radius 2 is 1.19 bits per heavy atom. The van der Waals surface area contributed by atoms with E-state index in [4.69, 9.17) is 23.7 Å². The van der Waals surface area contributed by atoms with Crippen LogP contribution in [0.15, 0.2) is 126 Å². The molecule has 8 heteroatoms. The zero-order valence-electron chi connectivity index (χ0n) is 23.8. The summed E-state index contributed by atoms with van der Waals surface area (Å²) in [5.74, 6) is -0.932. The second kappa shape index (κ2) is 15.5. The topological polar surface area (TPSA) is 80.3 Å². The van der Waals surface area contributed by atoms with Crippen molar-refractivity contribution in [3.8, 4) is 0 Å². The van der Waals surface area contributed by atoms with Crippen LogP contribution in [0.4, 0.5) is 0 Å². The zero-order chi connectivity index (χ0) is 29.9. The van der Waals surface area contributed by atoms with Gasteiger partial charge in [0, 0.05) is 11.8 Å². The number of thioether (sulfide) groups is 1. The average Bonchev–Trinajstić information content (AvgIpc) is 3.05. The molecule has 7 nitrogen and oxygen atoms in total. The Bertz CT molecular complexity index is 1420. The van der Waals surface area contributed by atoms with E-state index in [0.29, 0.717) is 5.56 Å². The van der Waals surface area contributed by atoms with Gasteiger partial charge in [0.1, 0.15) is 30.4 Å². The predicted molar refractivity (Wildman–Crippen MR) is 163 cm³/mol. The van der Waals surface area contributed by atoms with Crippen LogP contribution in [0.3, 0.4) is 0 Å². The van der Waals surface area contributed by atoms with E-state index < -0.39 is 41.8 Å². The molecule has 4 aromatic rings. The molecule has 0 amide bonds. The largest absolute Gasteiger partial charge is 0.463 e. The van der Waals surface area contributed by atoms with Crippen LogP contribution in [0, 0.1) is 0 Å². The van der Waals surface area contributed by atoms with Gasteiger partial charge in [0.05, 0.1) is 18.8 Å². The molecule has 5 rings (SSSR count). The number of hydrogen-bond donors (Lipinski definition) is 0. The third kappa shape index (κ3) is 8.78. The molecule has 0 radical (unpaired) electrons. The molecule has 0 saturated carbocycles. The van der Waals surface area contributed by atoms with Gasteiger partial charge < -0.3 is 23.7 Å². The van der Waals surface area contributed by atoms with Crippen LogP contribution >= 0.6 is 11.8 Å². The highest BCUT2D eigenvalue weighted by atomic mass is 32.2. The van der Waals surface area contributed by atoms with Gasteiger partial charge in [-0.25, -0.2) is 4.79 Å². The normalized spacial score (nSPS) is 21.6. The Kier molecular flexibility index (Phi) is 11.0. The Balaban J connectivity index is 1.51. The summed E-state index contributed by atoms with van der Waals surface area (Å²) < 4.78 is 31.3. The quantitative estimate of drug-likeness (QED) is 0.172. The minimum atomic E-state index is -0.865. The number of hydrogen-bond acceptors (Lipinski definition) is 8. The fourth-order valence-electron chi connectivity index (χ4n) is 4.76. The molecule has 5 atom stereocenters. The molecule has 222 valence electrons. The fourth-order valence-corrected chi connectivity index (χ4v) is 5.88. The third-order valence-corrected chi connectivity index (χ3v) is 8.02. The van der Waals surface area contributed by atoms with Crippen LogP contribution in [0.5, 0.6) is 0 Å². The van der Waals surface area contributed by atoms with E-state index in [-0.39, 0.29) is 19.8 Å². The number of ether oxygens (including phenoxy) is 5. The summed E-state index contributed by atoms with van der Waals surface area (Å²) >= 11 is 1.41. The van der Waals surface area contributed by atoms with Crippen LogP contribution < -0.4 is 0 Å². The van der Waals surface area contributed by atoms with Crippen molar-refractivity contribution >= 4 is 23.7 Å². The lowest BCUT2D eigenvalue weighted by Crippen LogP contribution is -2.60. The molecule has 1 aliphatic heterocycles. The number of carbonyl (C=O) groups excluding carboxylic acids is 2. The molecule has 0 spiro atoms. The van der Waals surface area contributed by atoms with E-state index >= 15 is 0 Å². The van der Waals surface area contributed by atoms with Gasteiger partial charge in [-0.05, 0) is 35.4 Å². The predicted octanol–water partition coefficient (Wildman–Crippen LogP) is 6.46. The summed E-state index contributed by atoms with van der Waals surface area (Å²) in [7, 11) is 0. The highest BCUT2D eigenvalue weighted by Crippen LogP contribution is 2.38. The lowest BCUT2D eigenvalue weighted by molar-refractivity contribution is -0.241. The zero-order valence-corrected chi connectivity index (χ0v) is 24.6. The van der Waals surface area contributed by atoms with E-state index in [9.17, 15) is 9.59 Å². The van der Waals surface area contributed by atoms with Crippen LogP contribution in [0.1, 0.15) is 28.4 Å². The van der Waals surface area contributed by atoms with Crippen molar-refractivity contribution in [2.45, 2.75) is 54.9 Å². The smallest absolute Gasteiger partial charge is 0.338 e. The summed E-state index contributed by atoms with van der Waals surface area (Å²) in [6.07, 6.45) is -3.05. The lowest BCUT2D eigenvalue weighted by Gasteiger charge is -2.45. The van der Waals surface area contributed by atoms with Crippen LogP contribution in [-0.4, -0.2) is 48.4 Å². The molecule has 4 aromatic carbocycles. The standard InChI is InChI=1S/C35H34O7S/c1-25(36)38-24-30-31(39-22-26-14-6-2-7-15-26)32(40-23-27-16-8-3-9-17-27)33(42-34(37)28-18-10-4-11-19-28)35(41-30)43-29-20-12-5-13-21-29/h2-21,30-33,35H,22-24H2,1H3/t30-,31+,32+,33-,35+/m1/s1. The second-order valence-electron chi connectivity index (χ2n) is 10.0. The average molecular weight is 599 g/mol. The molecule has 1 fully saturated rings. The summed E-state index contributed by atoms with van der Waals surface area (Å²) in [5, 5.41) is 0. The van der Waals surface area contributed by atoms with Crippen molar-refractivity contribution < 1.29 is 33.3 Å². The minimum Gasteiger partial charge on any atom is -0.463 e. The summed E-state index contributed by atoms with van der Waals surface area (Å²) in [4.78, 5) is 26.3. The van der Waals surface area contributed by atoms with Gasteiger partial charge in [-0.15, -0.1) is 0 Å². The molecule has 0 N–H and O–H groups in total. The maximum atomic E-state index is 13.5. The first kappa shape index (κ1) is 30.5. The van der Waals surface area contributed by atoms with Crippen LogP contribution in [-0.2, 0) is 41.7 Å².